The molecule has 0 saturated heterocycles. The number of nitrogens with zero attached hydrogens (tertiary/aromatic N) is 2. The summed E-state index contributed by atoms with van der Waals surface area (Å²) in [5, 5.41) is 10.4. The van der Waals surface area contributed by atoms with Crippen molar-refractivity contribution in [2.75, 3.05) is 33.4 Å². The molecule has 1 N–H and O–H groups in total. The van der Waals surface area contributed by atoms with E-state index in [1.54, 1.807) is 13.0 Å². The fraction of sp³-hybridized carbons (Fsp3) is 0.667. The third-order valence-electron chi connectivity index (χ3n) is 1.76. The zero-order valence-electron chi connectivity index (χ0n) is 8.95. The van der Waals surface area contributed by atoms with Gasteiger partial charge in [0, 0.05) is 20.2 Å². The molecule has 0 aliphatic heterocycles. The predicted molar refractivity (Wildman–Crippen MR) is 52.8 cm³/mol. The van der Waals surface area contributed by atoms with Gasteiger partial charge in [-0.05, 0) is 6.92 Å². The summed E-state index contributed by atoms with van der Waals surface area (Å²) in [4.78, 5) is 24.0. The lowest BCUT2D eigenvalue weighted by Crippen LogP contribution is -2.44. The molecular weight excluding hydrogens is 198 g/mol. The number of amides is 2. The van der Waals surface area contributed by atoms with E-state index >= 15 is 0 Å². The summed E-state index contributed by atoms with van der Waals surface area (Å²) < 4.78 is 4.81. The van der Waals surface area contributed by atoms with Crippen molar-refractivity contribution in [3.63, 3.8) is 0 Å². The van der Waals surface area contributed by atoms with E-state index in [-0.39, 0.29) is 6.54 Å². The molecule has 6 nitrogen and oxygen atoms in total. The van der Waals surface area contributed by atoms with Crippen molar-refractivity contribution in [1.29, 1.82) is 5.26 Å². The van der Waals surface area contributed by atoms with Gasteiger partial charge in [0.2, 0.25) is 0 Å². The molecule has 0 radical (unpaired) electrons. The number of nitriles is 1. The molecule has 2 amide bonds. The minimum atomic E-state index is -0.755. The van der Waals surface area contributed by atoms with Gasteiger partial charge in [-0.1, -0.05) is 0 Å². The quantitative estimate of drug-likeness (QED) is 0.475. The molecule has 0 aromatic rings. The first-order valence-electron chi connectivity index (χ1n) is 4.60. The summed E-state index contributed by atoms with van der Waals surface area (Å²) in [5.41, 5.74) is 0. The Kier molecular flexibility index (Phi) is 6.93. The monoisotopic (exact) mass is 213 g/mol. The molecule has 0 spiro atoms. The number of methoxy groups -OCH3 is 1. The maximum Gasteiger partial charge on any atom is 0.311 e. The molecule has 6 heteroatoms. The number of nitrogens with one attached hydrogen (secondary N) is 1. The maximum absolute atomic E-state index is 11.4. The van der Waals surface area contributed by atoms with Crippen LogP contribution in [0.5, 0.6) is 0 Å². The van der Waals surface area contributed by atoms with E-state index in [0.717, 1.165) is 0 Å². The van der Waals surface area contributed by atoms with Crippen molar-refractivity contribution in [3.8, 4) is 6.07 Å². The van der Waals surface area contributed by atoms with E-state index in [1.807, 2.05) is 0 Å². The Morgan fingerprint density at radius 1 is 1.53 bits per heavy atom. The Morgan fingerprint density at radius 3 is 2.67 bits per heavy atom. The van der Waals surface area contributed by atoms with Crippen LogP contribution < -0.4 is 5.32 Å². The van der Waals surface area contributed by atoms with Crippen molar-refractivity contribution in [3.05, 3.63) is 0 Å². The van der Waals surface area contributed by atoms with Crippen LogP contribution in [0, 0.1) is 11.3 Å². The first kappa shape index (κ1) is 13.4. The van der Waals surface area contributed by atoms with Gasteiger partial charge < -0.3 is 15.0 Å². The standard InChI is InChI=1S/C9H15N3O3/c1-3-12(6-7-15-2)9(14)8(13)11-5-4-10/h3,5-7H2,1-2H3,(H,11,13). The second kappa shape index (κ2) is 7.76. The molecule has 0 heterocycles. The molecule has 0 aliphatic carbocycles. The summed E-state index contributed by atoms with van der Waals surface area (Å²) in [6, 6.07) is 1.73. The lowest BCUT2D eigenvalue weighted by molar-refractivity contribution is -0.146. The van der Waals surface area contributed by atoms with Crippen LogP contribution in [0.1, 0.15) is 6.92 Å². The molecule has 0 aromatic carbocycles. The SMILES string of the molecule is CCN(CCOC)C(=O)C(=O)NCC#N. The van der Waals surface area contributed by atoms with Crippen LogP contribution in [0.15, 0.2) is 0 Å². The molecule has 0 atom stereocenters. The number of rotatable bonds is 5. The van der Waals surface area contributed by atoms with Crippen LogP contribution in [0.4, 0.5) is 0 Å². The zero-order chi connectivity index (χ0) is 11.7. The van der Waals surface area contributed by atoms with Crippen molar-refractivity contribution >= 4 is 11.8 Å². The number of hydrogen-bond acceptors (Lipinski definition) is 4. The van der Waals surface area contributed by atoms with Gasteiger partial charge in [-0.25, -0.2) is 0 Å². The summed E-state index contributed by atoms with van der Waals surface area (Å²) in [6.07, 6.45) is 0. The van der Waals surface area contributed by atoms with Crippen LogP contribution in [0.25, 0.3) is 0 Å². The van der Waals surface area contributed by atoms with Crippen molar-refractivity contribution in [2.24, 2.45) is 0 Å². The lowest BCUT2D eigenvalue weighted by atomic mass is 10.4. The van der Waals surface area contributed by atoms with E-state index < -0.39 is 11.8 Å². The zero-order valence-corrected chi connectivity index (χ0v) is 8.95. The molecule has 0 bridgehead atoms. The van der Waals surface area contributed by atoms with Gasteiger partial charge in [-0.2, -0.15) is 5.26 Å². The topological polar surface area (TPSA) is 82.4 Å². The predicted octanol–water partition coefficient (Wildman–Crippen LogP) is -0.879. The summed E-state index contributed by atoms with van der Waals surface area (Å²) >= 11 is 0. The first-order chi connectivity index (χ1) is 7.17. The smallest absolute Gasteiger partial charge is 0.311 e. The number of carbonyl (C=O) groups excluding carboxylic acids is 2. The number of hydrogen-bond donors (Lipinski definition) is 1. The molecule has 15 heavy (non-hydrogen) atoms. The number of likely N-dealkylation sites (N-methyl/N-ethyl adjacent to an activating group) is 1. The van der Waals surface area contributed by atoms with Crippen LogP contribution in [-0.4, -0.2) is 50.1 Å². The van der Waals surface area contributed by atoms with Crippen LogP contribution in [0.3, 0.4) is 0 Å². The highest BCUT2D eigenvalue weighted by Gasteiger charge is 2.19. The second-order valence-corrected chi connectivity index (χ2v) is 2.72. The third-order valence-corrected chi connectivity index (χ3v) is 1.76. The van der Waals surface area contributed by atoms with E-state index in [9.17, 15) is 9.59 Å². The highest BCUT2D eigenvalue weighted by Crippen LogP contribution is 1.90. The van der Waals surface area contributed by atoms with E-state index in [4.69, 9.17) is 10.00 Å². The van der Waals surface area contributed by atoms with Crippen LogP contribution in [-0.2, 0) is 14.3 Å². The van der Waals surface area contributed by atoms with Crippen LogP contribution in [0.2, 0.25) is 0 Å². The fourth-order valence-electron chi connectivity index (χ4n) is 0.944. The normalized spacial score (nSPS) is 9.13. The minimum absolute atomic E-state index is 0.160. The summed E-state index contributed by atoms with van der Waals surface area (Å²) in [6.45, 7) is 2.79. The van der Waals surface area contributed by atoms with Gasteiger partial charge in [-0.3, -0.25) is 9.59 Å². The molecule has 0 fully saturated rings. The second-order valence-electron chi connectivity index (χ2n) is 2.72. The van der Waals surface area contributed by atoms with E-state index in [1.165, 1.54) is 12.0 Å². The van der Waals surface area contributed by atoms with Gasteiger partial charge >= 0.3 is 11.8 Å². The van der Waals surface area contributed by atoms with Gasteiger partial charge in [0.25, 0.3) is 0 Å². The largest absolute Gasteiger partial charge is 0.383 e. The Hall–Kier alpha value is -1.61. The molecule has 0 aromatic heterocycles. The molecule has 0 saturated carbocycles. The van der Waals surface area contributed by atoms with Gasteiger partial charge in [-0.15, -0.1) is 0 Å². The molecular formula is C9H15N3O3. The van der Waals surface area contributed by atoms with Gasteiger partial charge in [0.05, 0.1) is 12.7 Å². The average Bonchev–Trinajstić information content (AvgIpc) is 2.26. The van der Waals surface area contributed by atoms with Crippen molar-refractivity contribution in [2.45, 2.75) is 6.92 Å². The highest BCUT2D eigenvalue weighted by atomic mass is 16.5. The lowest BCUT2D eigenvalue weighted by Gasteiger charge is -2.19. The maximum atomic E-state index is 11.4. The molecule has 84 valence electrons. The Labute approximate surface area is 88.8 Å². The summed E-state index contributed by atoms with van der Waals surface area (Å²) in [5.74, 6) is -1.39. The molecule has 0 aliphatic rings. The average molecular weight is 213 g/mol. The summed E-state index contributed by atoms with van der Waals surface area (Å²) in [7, 11) is 1.52. The van der Waals surface area contributed by atoms with Crippen molar-refractivity contribution < 1.29 is 14.3 Å². The first-order valence-corrected chi connectivity index (χ1v) is 4.60. The highest BCUT2D eigenvalue weighted by molar-refractivity contribution is 6.35. The Balaban J connectivity index is 4.13. The Morgan fingerprint density at radius 2 is 2.20 bits per heavy atom. The van der Waals surface area contributed by atoms with E-state index in [0.29, 0.717) is 19.7 Å². The van der Waals surface area contributed by atoms with Gasteiger partial charge in [0.1, 0.15) is 6.54 Å². The van der Waals surface area contributed by atoms with E-state index in [2.05, 4.69) is 5.32 Å². The minimum Gasteiger partial charge on any atom is -0.383 e. The van der Waals surface area contributed by atoms with Gasteiger partial charge in [0.15, 0.2) is 0 Å². The fourth-order valence-corrected chi connectivity index (χ4v) is 0.944. The number of ether oxygens (including phenoxy) is 1. The number of carbonyl (C=O) groups is 2. The molecule has 0 unspecified atom stereocenters. The third kappa shape index (κ3) is 4.98. The van der Waals surface area contributed by atoms with Crippen molar-refractivity contribution in [1.82, 2.24) is 10.2 Å². The molecule has 0 rings (SSSR count). The van der Waals surface area contributed by atoms with Crippen LogP contribution >= 0.6 is 0 Å². The Bertz CT molecular complexity index is 260.